The molecular weight excluding hydrogens is 380 g/mol. The molecule has 1 N–H and O–H groups in total. The lowest BCUT2D eigenvalue weighted by atomic mass is 10.1. The zero-order valence-electron chi connectivity index (χ0n) is 17.1. The number of carbonyl (C=O) groups excluding carboxylic acids is 2. The number of hydrogen-bond acceptors (Lipinski definition) is 5. The zero-order valence-corrected chi connectivity index (χ0v) is 17.1. The number of nitrogens with one attached hydrogen (secondary N) is 1. The number of carbonyl (C=O) groups is 2. The summed E-state index contributed by atoms with van der Waals surface area (Å²) in [6.07, 6.45) is 1.22. The molecule has 1 fully saturated rings. The maximum Gasteiger partial charge on any atom is 0.339 e. The van der Waals surface area contributed by atoms with Gasteiger partial charge in [-0.1, -0.05) is 18.2 Å². The van der Waals surface area contributed by atoms with Crippen molar-refractivity contribution in [1.29, 1.82) is 0 Å². The number of benzene rings is 2. The van der Waals surface area contributed by atoms with Crippen LogP contribution in [0.25, 0.3) is 10.9 Å². The molecule has 0 saturated heterocycles. The molecule has 1 amide bonds. The van der Waals surface area contributed by atoms with E-state index >= 15 is 0 Å². The summed E-state index contributed by atoms with van der Waals surface area (Å²) in [5.41, 5.74) is 2.73. The third-order valence-corrected chi connectivity index (χ3v) is 5.04. The zero-order chi connectivity index (χ0) is 21.1. The van der Waals surface area contributed by atoms with Crippen molar-refractivity contribution in [3.05, 3.63) is 65.9 Å². The van der Waals surface area contributed by atoms with Crippen LogP contribution in [-0.2, 0) is 9.53 Å². The highest BCUT2D eigenvalue weighted by Crippen LogP contribution is 2.40. The van der Waals surface area contributed by atoms with Crippen molar-refractivity contribution in [1.82, 2.24) is 4.98 Å². The number of rotatable bonds is 7. The van der Waals surface area contributed by atoms with Crippen molar-refractivity contribution in [2.45, 2.75) is 38.7 Å². The number of pyridine rings is 1. The summed E-state index contributed by atoms with van der Waals surface area (Å²) in [5.74, 6) is 0.214. The second-order valence-corrected chi connectivity index (χ2v) is 7.38. The van der Waals surface area contributed by atoms with Crippen LogP contribution in [0, 0.1) is 0 Å². The molecule has 154 valence electrons. The molecule has 3 aromatic rings. The first kappa shape index (κ1) is 19.9. The van der Waals surface area contributed by atoms with E-state index in [1.807, 2.05) is 31.2 Å². The molecule has 30 heavy (non-hydrogen) atoms. The van der Waals surface area contributed by atoms with Crippen LogP contribution in [0.1, 0.15) is 48.7 Å². The number of nitrogens with zero attached hydrogens (tertiary/aromatic N) is 1. The van der Waals surface area contributed by atoms with Crippen LogP contribution in [0.5, 0.6) is 5.75 Å². The van der Waals surface area contributed by atoms with Crippen LogP contribution < -0.4 is 10.1 Å². The molecule has 0 aliphatic heterocycles. The average molecular weight is 404 g/mol. The number of amides is 1. The molecule has 6 heteroatoms. The van der Waals surface area contributed by atoms with Crippen molar-refractivity contribution >= 4 is 28.5 Å². The van der Waals surface area contributed by atoms with Gasteiger partial charge in [-0.3, -0.25) is 9.78 Å². The number of anilines is 1. The first-order valence-corrected chi connectivity index (χ1v) is 10.2. The van der Waals surface area contributed by atoms with E-state index in [0.717, 1.165) is 35.2 Å². The normalized spacial score (nSPS) is 14.2. The van der Waals surface area contributed by atoms with Gasteiger partial charge in [0.25, 0.3) is 5.91 Å². The van der Waals surface area contributed by atoms with Gasteiger partial charge < -0.3 is 14.8 Å². The van der Waals surface area contributed by atoms with Gasteiger partial charge >= 0.3 is 5.97 Å². The Morgan fingerprint density at radius 3 is 2.57 bits per heavy atom. The smallest absolute Gasteiger partial charge is 0.339 e. The summed E-state index contributed by atoms with van der Waals surface area (Å²) in [5, 5.41) is 3.49. The number of aromatic nitrogens is 1. The first-order valence-electron chi connectivity index (χ1n) is 10.2. The number of ether oxygens (including phenoxy) is 2. The highest BCUT2D eigenvalue weighted by molar-refractivity contribution is 6.05. The number of esters is 1. The topological polar surface area (TPSA) is 77.5 Å². The van der Waals surface area contributed by atoms with Gasteiger partial charge in [0.2, 0.25) is 0 Å². The van der Waals surface area contributed by atoms with E-state index in [2.05, 4.69) is 10.3 Å². The molecule has 1 saturated carbocycles. The van der Waals surface area contributed by atoms with Crippen molar-refractivity contribution in [3.63, 3.8) is 0 Å². The summed E-state index contributed by atoms with van der Waals surface area (Å²) in [6, 6.07) is 16.3. The molecule has 0 bridgehead atoms. The molecule has 0 unspecified atom stereocenters. The van der Waals surface area contributed by atoms with Crippen LogP contribution in [-0.4, -0.2) is 29.6 Å². The van der Waals surface area contributed by atoms with E-state index in [4.69, 9.17) is 9.47 Å². The third kappa shape index (κ3) is 4.43. The third-order valence-electron chi connectivity index (χ3n) is 5.04. The van der Waals surface area contributed by atoms with Gasteiger partial charge in [-0.2, -0.15) is 0 Å². The Labute approximate surface area is 175 Å². The highest BCUT2D eigenvalue weighted by atomic mass is 16.5. The number of hydrogen-bond donors (Lipinski definition) is 1. The van der Waals surface area contributed by atoms with Crippen LogP contribution in [0.2, 0.25) is 0 Å². The van der Waals surface area contributed by atoms with E-state index in [9.17, 15) is 9.59 Å². The van der Waals surface area contributed by atoms with Crippen LogP contribution in [0.3, 0.4) is 0 Å². The summed E-state index contributed by atoms with van der Waals surface area (Å²) in [7, 11) is 0. The lowest BCUT2D eigenvalue weighted by molar-refractivity contribution is -0.123. The Kier molecular flexibility index (Phi) is 5.65. The van der Waals surface area contributed by atoms with Crippen molar-refractivity contribution < 1.29 is 19.1 Å². The van der Waals surface area contributed by atoms with Crippen molar-refractivity contribution in [2.75, 3.05) is 11.9 Å². The van der Waals surface area contributed by atoms with Crippen LogP contribution in [0.4, 0.5) is 5.69 Å². The summed E-state index contributed by atoms with van der Waals surface area (Å²) >= 11 is 0. The second kappa shape index (κ2) is 8.53. The summed E-state index contributed by atoms with van der Waals surface area (Å²) in [4.78, 5) is 30.1. The van der Waals surface area contributed by atoms with Gasteiger partial charge in [-0.05, 0) is 63.1 Å². The molecule has 4 rings (SSSR count). The minimum absolute atomic E-state index is 0.395. The van der Waals surface area contributed by atoms with Gasteiger partial charge in [-0.25, -0.2) is 4.79 Å². The van der Waals surface area contributed by atoms with E-state index in [1.165, 1.54) is 0 Å². The van der Waals surface area contributed by atoms with E-state index < -0.39 is 18.0 Å². The molecule has 1 aliphatic carbocycles. The molecule has 0 radical (unpaired) electrons. The fourth-order valence-electron chi connectivity index (χ4n) is 3.28. The monoisotopic (exact) mass is 404 g/mol. The Morgan fingerprint density at radius 1 is 1.13 bits per heavy atom. The maximum absolute atomic E-state index is 12.9. The Balaban J connectivity index is 1.47. The molecule has 0 spiro atoms. The minimum Gasteiger partial charge on any atom is -0.494 e. The first-order chi connectivity index (χ1) is 14.5. The SMILES string of the molecule is CCOc1ccc(NC(=O)[C@H](C)OC(=O)c2cc(C3CC3)nc3ccccc23)cc1. The van der Waals surface area contributed by atoms with E-state index in [1.54, 1.807) is 37.3 Å². The summed E-state index contributed by atoms with van der Waals surface area (Å²) < 4.78 is 10.9. The Bertz CT molecular complexity index is 1070. The van der Waals surface area contributed by atoms with Gasteiger partial charge in [0, 0.05) is 22.7 Å². The minimum atomic E-state index is -0.944. The largest absolute Gasteiger partial charge is 0.494 e. The number of para-hydroxylation sites is 1. The van der Waals surface area contributed by atoms with Crippen molar-refractivity contribution in [3.8, 4) is 5.75 Å². The van der Waals surface area contributed by atoms with Gasteiger partial charge in [0.15, 0.2) is 6.10 Å². The molecule has 2 aromatic carbocycles. The average Bonchev–Trinajstić information content (AvgIpc) is 3.60. The van der Waals surface area contributed by atoms with E-state index in [-0.39, 0.29) is 0 Å². The Hall–Kier alpha value is -3.41. The predicted molar refractivity (Wildman–Crippen MR) is 115 cm³/mol. The lowest BCUT2D eigenvalue weighted by Gasteiger charge is -2.15. The molecule has 6 nitrogen and oxygen atoms in total. The lowest BCUT2D eigenvalue weighted by Crippen LogP contribution is -2.30. The fraction of sp³-hybridized carbons (Fsp3) is 0.292. The molecule has 1 aliphatic rings. The molecule has 1 heterocycles. The number of fused-ring (bicyclic) bond motifs is 1. The maximum atomic E-state index is 12.9. The van der Waals surface area contributed by atoms with Crippen LogP contribution >= 0.6 is 0 Å². The van der Waals surface area contributed by atoms with E-state index in [0.29, 0.717) is 23.8 Å². The van der Waals surface area contributed by atoms with Gasteiger partial charge in [-0.15, -0.1) is 0 Å². The fourth-order valence-corrected chi connectivity index (χ4v) is 3.28. The quantitative estimate of drug-likeness (QED) is 0.578. The summed E-state index contributed by atoms with van der Waals surface area (Å²) in [6.45, 7) is 4.04. The Morgan fingerprint density at radius 2 is 1.87 bits per heavy atom. The second-order valence-electron chi connectivity index (χ2n) is 7.38. The molecular formula is C24H24N2O4. The standard InChI is InChI=1S/C24H24N2O4/c1-3-29-18-12-10-17(11-13-18)25-23(27)15(2)30-24(28)20-14-22(16-8-9-16)26-21-7-5-4-6-19(20)21/h4-7,10-16H,3,8-9H2,1-2H3,(H,25,27)/t15-/m0/s1. The molecule has 1 aromatic heterocycles. The highest BCUT2D eigenvalue weighted by Gasteiger charge is 2.28. The molecule has 1 atom stereocenters. The van der Waals surface area contributed by atoms with Crippen LogP contribution in [0.15, 0.2) is 54.6 Å². The van der Waals surface area contributed by atoms with Gasteiger partial charge in [0.1, 0.15) is 5.75 Å². The predicted octanol–water partition coefficient (Wildman–Crippen LogP) is 4.69. The van der Waals surface area contributed by atoms with Gasteiger partial charge in [0.05, 0.1) is 17.7 Å². The van der Waals surface area contributed by atoms with Crippen molar-refractivity contribution in [2.24, 2.45) is 0 Å².